The molecule has 0 saturated carbocycles. The zero-order valence-corrected chi connectivity index (χ0v) is 20.8. The number of esters is 1. The molecule has 2 aliphatic rings. The van der Waals surface area contributed by atoms with E-state index < -0.39 is 17.7 Å². The number of hydrogen-bond acceptors (Lipinski definition) is 5. The zero-order valence-electron chi connectivity index (χ0n) is 19.3. The second-order valence-electron chi connectivity index (χ2n) is 8.45. The van der Waals surface area contributed by atoms with Gasteiger partial charge in [0.2, 0.25) is 0 Å². The number of ketones is 1. The number of methoxy groups -OCH3 is 1. The number of carbonyl (C=O) groups excluding carboxylic acids is 2. The SMILES string of the molecule is COC(=O)C1=C(C)NC2=C(C(=O)c3ccccc32)C1c1cc(Cl)c(OCc2ccccc2F)c(Cl)c1. The fourth-order valence-electron chi connectivity index (χ4n) is 4.69. The number of rotatable bonds is 5. The third-order valence-electron chi connectivity index (χ3n) is 6.34. The van der Waals surface area contributed by atoms with Crippen LogP contribution in [0.2, 0.25) is 10.0 Å². The average Bonchev–Trinajstić information content (AvgIpc) is 3.14. The predicted octanol–water partition coefficient (Wildman–Crippen LogP) is 6.45. The molecule has 0 bridgehead atoms. The number of allylic oxidation sites excluding steroid dienone is 2. The molecule has 8 heteroatoms. The topological polar surface area (TPSA) is 64.6 Å². The van der Waals surface area contributed by atoms with E-state index in [9.17, 15) is 14.0 Å². The molecular weight excluding hydrogens is 504 g/mol. The van der Waals surface area contributed by atoms with Crippen LogP contribution in [-0.2, 0) is 16.1 Å². The Morgan fingerprint density at radius 3 is 2.33 bits per heavy atom. The van der Waals surface area contributed by atoms with Crippen molar-refractivity contribution in [2.24, 2.45) is 0 Å². The Balaban J connectivity index is 1.59. The minimum atomic E-state index is -0.774. The fourth-order valence-corrected chi connectivity index (χ4v) is 5.31. The fraction of sp³-hybridized carbons (Fsp3) is 0.143. The van der Waals surface area contributed by atoms with Gasteiger partial charge in [0, 0.05) is 33.9 Å². The van der Waals surface area contributed by atoms with Gasteiger partial charge in [-0.05, 0) is 30.7 Å². The summed E-state index contributed by atoms with van der Waals surface area (Å²) in [7, 11) is 1.29. The minimum Gasteiger partial charge on any atom is -0.486 e. The van der Waals surface area contributed by atoms with E-state index in [-0.39, 0.29) is 33.8 Å². The van der Waals surface area contributed by atoms with E-state index in [1.807, 2.05) is 12.1 Å². The van der Waals surface area contributed by atoms with E-state index >= 15 is 0 Å². The average molecular weight is 524 g/mol. The van der Waals surface area contributed by atoms with Crippen molar-refractivity contribution >= 4 is 40.7 Å². The largest absolute Gasteiger partial charge is 0.486 e. The van der Waals surface area contributed by atoms with Crippen LogP contribution in [0, 0.1) is 5.82 Å². The van der Waals surface area contributed by atoms with Gasteiger partial charge in [-0.3, -0.25) is 4.79 Å². The third-order valence-corrected chi connectivity index (χ3v) is 6.90. The lowest BCUT2D eigenvalue weighted by Gasteiger charge is -2.29. The zero-order chi connectivity index (χ0) is 25.6. The van der Waals surface area contributed by atoms with Crippen molar-refractivity contribution in [2.75, 3.05) is 7.11 Å². The summed E-state index contributed by atoms with van der Waals surface area (Å²) in [6.45, 7) is 1.68. The van der Waals surface area contributed by atoms with Crippen molar-refractivity contribution < 1.29 is 23.5 Å². The third kappa shape index (κ3) is 3.96. The van der Waals surface area contributed by atoms with Gasteiger partial charge < -0.3 is 14.8 Å². The number of hydrogen-bond donors (Lipinski definition) is 1. The van der Waals surface area contributed by atoms with Gasteiger partial charge in [0.05, 0.1) is 28.4 Å². The predicted molar refractivity (Wildman–Crippen MR) is 135 cm³/mol. The monoisotopic (exact) mass is 523 g/mol. The van der Waals surface area contributed by atoms with Crippen LogP contribution in [0.3, 0.4) is 0 Å². The highest BCUT2D eigenvalue weighted by atomic mass is 35.5. The lowest BCUT2D eigenvalue weighted by molar-refractivity contribution is -0.136. The van der Waals surface area contributed by atoms with Crippen molar-refractivity contribution in [3.63, 3.8) is 0 Å². The summed E-state index contributed by atoms with van der Waals surface area (Å²) in [5.74, 6) is -1.77. The molecule has 1 atom stereocenters. The Labute approximate surface area is 217 Å². The maximum atomic E-state index is 14.0. The van der Waals surface area contributed by atoms with E-state index in [2.05, 4.69) is 5.32 Å². The molecule has 0 amide bonds. The van der Waals surface area contributed by atoms with E-state index in [1.54, 1.807) is 49.4 Å². The van der Waals surface area contributed by atoms with Crippen LogP contribution in [0.5, 0.6) is 5.75 Å². The summed E-state index contributed by atoms with van der Waals surface area (Å²) in [6.07, 6.45) is 0. The quantitative estimate of drug-likeness (QED) is 0.389. The number of carbonyl (C=O) groups is 2. The van der Waals surface area contributed by atoms with Crippen molar-refractivity contribution in [1.29, 1.82) is 0 Å². The summed E-state index contributed by atoms with van der Waals surface area (Å²) in [6, 6.07) is 16.7. The molecule has 1 aliphatic heterocycles. The molecular formula is C28H20Cl2FNO4. The summed E-state index contributed by atoms with van der Waals surface area (Å²) in [4.78, 5) is 26.4. The second kappa shape index (κ2) is 9.45. The number of dihydropyridines is 1. The van der Waals surface area contributed by atoms with Crippen molar-refractivity contribution in [3.8, 4) is 5.75 Å². The first-order chi connectivity index (χ1) is 17.3. The minimum absolute atomic E-state index is 0.0751. The van der Waals surface area contributed by atoms with Crippen LogP contribution in [0.1, 0.15) is 39.9 Å². The number of Topliss-reactive ketones (excluding diaryl/α,β-unsaturated/α-hetero) is 1. The molecule has 3 aromatic rings. The lowest BCUT2D eigenvalue weighted by atomic mass is 9.80. The molecule has 0 spiro atoms. The number of fused-ring (bicyclic) bond motifs is 2. The van der Waals surface area contributed by atoms with E-state index in [0.29, 0.717) is 33.7 Å². The van der Waals surface area contributed by atoms with E-state index in [0.717, 1.165) is 5.56 Å². The van der Waals surface area contributed by atoms with Crippen molar-refractivity contribution in [1.82, 2.24) is 5.32 Å². The van der Waals surface area contributed by atoms with Gasteiger partial charge >= 0.3 is 5.97 Å². The van der Waals surface area contributed by atoms with E-state index in [4.69, 9.17) is 32.7 Å². The number of halogens is 3. The van der Waals surface area contributed by atoms with Crippen LogP contribution in [-0.4, -0.2) is 18.9 Å². The van der Waals surface area contributed by atoms with Gasteiger partial charge in [-0.2, -0.15) is 0 Å². The van der Waals surface area contributed by atoms with E-state index in [1.165, 1.54) is 13.2 Å². The molecule has 5 nitrogen and oxygen atoms in total. The van der Waals surface area contributed by atoms with Crippen LogP contribution in [0.15, 0.2) is 77.5 Å². The molecule has 0 radical (unpaired) electrons. The lowest BCUT2D eigenvalue weighted by Crippen LogP contribution is -2.29. The Morgan fingerprint density at radius 2 is 1.67 bits per heavy atom. The molecule has 0 fully saturated rings. The Hall–Kier alpha value is -3.61. The number of ether oxygens (including phenoxy) is 2. The van der Waals surface area contributed by atoms with Gasteiger partial charge in [0.1, 0.15) is 12.4 Å². The number of benzene rings is 3. The summed E-state index contributed by atoms with van der Waals surface area (Å²) in [5.41, 5.74) is 4.06. The molecule has 3 aromatic carbocycles. The van der Waals surface area contributed by atoms with Gasteiger partial charge in [-0.25, -0.2) is 9.18 Å². The van der Waals surface area contributed by atoms with Crippen LogP contribution >= 0.6 is 23.2 Å². The van der Waals surface area contributed by atoms with Crippen LogP contribution in [0.4, 0.5) is 4.39 Å². The molecule has 36 heavy (non-hydrogen) atoms. The normalized spacial score (nSPS) is 16.5. The first-order valence-electron chi connectivity index (χ1n) is 11.1. The Morgan fingerprint density at radius 1 is 1.03 bits per heavy atom. The van der Waals surface area contributed by atoms with Gasteiger partial charge in [0.25, 0.3) is 0 Å². The molecule has 1 unspecified atom stereocenters. The molecule has 1 aliphatic carbocycles. The van der Waals surface area contributed by atoms with Gasteiger partial charge in [-0.15, -0.1) is 0 Å². The molecule has 1 N–H and O–H groups in total. The summed E-state index contributed by atoms with van der Waals surface area (Å²) in [5, 5.41) is 3.56. The van der Waals surface area contributed by atoms with Crippen LogP contribution < -0.4 is 10.1 Å². The number of nitrogens with one attached hydrogen (secondary N) is 1. The molecule has 5 rings (SSSR count). The first kappa shape index (κ1) is 24.1. The van der Waals surface area contributed by atoms with Gasteiger partial charge in [-0.1, -0.05) is 65.7 Å². The van der Waals surface area contributed by atoms with Crippen LogP contribution in [0.25, 0.3) is 5.70 Å². The Bertz CT molecular complexity index is 1470. The second-order valence-corrected chi connectivity index (χ2v) is 9.26. The maximum absolute atomic E-state index is 14.0. The van der Waals surface area contributed by atoms with Gasteiger partial charge in [0.15, 0.2) is 11.5 Å². The smallest absolute Gasteiger partial charge is 0.336 e. The highest BCUT2D eigenvalue weighted by Gasteiger charge is 2.43. The Kier molecular flexibility index (Phi) is 6.33. The maximum Gasteiger partial charge on any atom is 0.336 e. The molecule has 1 heterocycles. The molecule has 0 saturated heterocycles. The van der Waals surface area contributed by atoms with Crippen molar-refractivity contribution in [2.45, 2.75) is 19.4 Å². The molecule has 0 aromatic heterocycles. The summed E-state index contributed by atoms with van der Waals surface area (Å²) < 4.78 is 24.8. The molecule has 182 valence electrons. The standard InChI is InChI=1S/C28H20Cl2FNO4/c1-14-22(28(34)35-2)23(24-25(32-14)17-8-4-5-9-18(17)26(24)33)16-11-19(29)27(20(30)12-16)36-13-15-7-3-6-10-21(15)31/h3-12,23,32H,13H2,1-2H3. The highest BCUT2D eigenvalue weighted by Crippen LogP contribution is 2.48. The first-order valence-corrected chi connectivity index (χ1v) is 11.9. The summed E-state index contributed by atoms with van der Waals surface area (Å²) >= 11 is 13.1. The van der Waals surface area contributed by atoms with Crippen molar-refractivity contribution in [3.05, 3.63) is 116 Å². The highest BCUT2D eigenvalue weighted by molar-refractivity contribution is 6.37.